The molecule has 17 heavy (non-hydrogen) atoms. The van der Waals surface area contributed by atoms with Gasteiger partial charge in [0.15, 0.2) is 11.7 Å². The second-order valence-electron chi connectivity index (χ2n) is 3.73. The van der Waals surface area contributed by atoms with Gasteiger partial charge in [0.2, 0.25) is 0 Å². The minimum Gasteiger partial charge on any atom is -0.456 e. The van der Waals surface area contributed by atoms with E-state index in [1.165, 1.54) is 0 Å². The Morgan fingerprint density at radius 2 is 2.35 bits per heavy atom. The quantitative estimate of drug-likeness (QED) is 0.586. The van der Waals surface area contributed by atoms with Crippen LogP contribution in [0.5, 0.6) is 6.01 Å². The molecule has 1 fully saturated rings. The first-order valence-electron chi connectivity index (χ1n) is 5.29. The molecule has 94 valence electrons. The summed E-state index contributed by atoms with van der Waals surface area (Å²) in [5, 5.41) is 23.3. The van der Waals surface area contributed by atoms with Gasteiger partial charge in [-0.3, -0.25) is 9.98 Å². The van der Waals surface area contributed by atoms with Crippen molar-refractivity contribution in [3.8, 4) is 6.01 Å². The summed E-state index contributed by atoms with van der Waals surface area (Å²) in [6.45, 7) is 0.0101. The first-order valence-corrected chi connectivity index (χ1v) is 5.29. The Hall–Kier alpha value is -1.44. The van der Waals surface area contributed by atoms with Crippen LogP contribution >= 0.6 is 0 Å². The van der Waals surface area contributed by atoms with Gasteiger partial charge in [0, 0.05) is 19.7 Å². The lowest BCUT2D eigenvalue weighted by Crippen LogP contribution is -2.16. The first-order chi connectivity index (χ1) is 8.28. The molecule has 1 aromatic heterocycles. The number of hydrogen-bond acceptors (Lipinski definition) is 6. The number of nitrogens with zero attached hydrogens (tertiary/aromatic N) is 2. The van der Waals surface area contributed by atoms with Gasteiger partial charge in [-0.05, 0) is 6.07 Å². The molecule has 1 saturated heterocycles. The van der Waals surface area contributed by atoms with Crippen LogP contribution in [0.25, 0.3) is 0 Å². The number of rotatable bonds is 1. The molecule has 3 atom stereocenters. The molecule has 1 aromatic rings. The molecule has 7 heteroatoms. The second-order valence-corrected chi connectivity index (χ2v) is 3.73. The molecule has 7 nitrogen and oxygen atoms in total. The Labute approximate surface area is 97.8 Å². The Morgan fingerprint density at radius 1 is 1.59 bits per heavy atom. The van der Waals surface area contributed by atoms with Gasteiger partial charge in [0.25, 0.3) is 0 Å². The van der Waals surface area contributed by atoms with Gasteiger partial charge in [0.1, 0.15) is 6.10 Å². The van der Waals surface area contributed by atoms with E-state index in [9.17, 15) is 0 Å². The molecule has 3 rings (SSSR count). The summed E-state index contributed by atoms with van der Waals surface area (Å²) in [7, 11) is 1.00. The average Bonchev–Trinajstić information content (AvgIpc) is 2.87. The zero-order valence-corrected chi connectivity index (χ0v) is 9.41. The molecule has 3 heterocycles. The van der Waals surface area contributed by atoms with Crippen LogP contribution in [0.2, 0.25) is 0 Å². The van der Waals surface area contributed by atoms with Gasteiger partial charge in [-0.25, -0.2) is 0 Å². The van der Waals surface area contributed by atoms with Crippen molar-refractivity contribution >= 4 is 0 Å². The fourth-order valence-electron chi connectivity index (χ4n) is 2.01. The molecule has 0 radical (unpaired) electrons. The van der Waals surface area contributed by atoms with E-state index in [2.05, 4.69) is 4.98 Å². The normalized spacial score (nSPS) is 28.8. The average molecular weight is 241 g/mol. The van der Waals surface area contributed by atoms with E-state index in [4.69, 9.17) is 25.1 Å². The Kier molecular flexibility index (Phi) is 3.41. The molecule has 0 bridgehead atoms. The van der Waals surface area contributed by atoms with E-state index in [0.29, 0.717) is 12.4 Å². The van der Waals surface area contributed by atoms with Gasteiger partial charge in [-0.1, -0.05) is 0 Å². The summed E-state index contributed by atoms with van der Waals surface area (Å²) in [6, 6.07) is 2.01. The summed E-state index contributed by atoms with van der Waals surface area (Å²) >= 11 is 0. The molecule has 0 spiro atoms. The first kappa shape index (κ1) is 12.0. The maximum Gasteiger partial charge on any atom is 0.300 e. The monoisotopic (exact) mass is 241 g/mol. The van der Waals surface area contributed by atoms with Gasteiger partial charge < -0.3 is 19.7 Å². The third-order valence-electron chi connectivity index (χ3n) is 2.71. The topological polar surface area (TPSA) is 101 Å². The van der Waals surface area contributed by atoms with Crippen molar-refractivity contribution in [1.29, 1.82) is 5.41 Å². The van der Waals surface area contributed by atoms with E-state index in [0.717, 1.165) is 7.11 Å². The van der Waals surface area contributed by atoms with Crippen molar-refractivity contribution in [2.45, 2.75) is 24.9 Å². The van der Waals surface area contributed by atoms with Crippen molar-refractivity contribution in [1.82, 2.24) is 9.55 Å². The van der Waals surface area contributed by atoms with Crippen LogP contribution in [0.1, 0.15) is 12.6 Å². The fourth-order valence-corrected chi connectivity index (χ4v) is 2.01. The van der Waals surface area contributed by atoms with Crippen molar-refractivity contribution in [3.63, 3.8) is 0 Å². The lowest BCUT2D eigenvalue weighted by atomic mass is 10.2. The standard InChI is InChI=1S/C9H11N3O3.CH4O/c10-7-1-2-12-8-6(15-9(12)11-7)3-5(4-13)14-8;1-2/h1-2,5-6,8,10,13H,3-4H2;2H,1H3/t5-,6-,8+;/m0./s1. The van der Waals surface area contributed by atoms with Crippen molar-refractivity contribution in [2.75, 3.05) is 13.7 Å². The predicted molar refractivity (Wildman–Crippen MR) is 56.3 cm³/mol. The van der Waals surface area contributed by atoms with E-state index < -0.39 is 0 Å². The SMILES string of the molecule is CO.N=c1ccn2c(n1)O[C@H]1C[C@@H](CO)O[C@H]12. The lowest BCUT2D eigenvalue weighted by Gasteiger charge is -2.11. The number of nitrogens with one attached hydrogen (secondary N) is 1. The lowest BCUT2D eigenvalue weighted by molar-refractivity contribution is -0.0256. The predicted octanol–water partition coefficient (Wildman–Crippen LogP) is -0.988. The number of fused-ring (bicyclic) bond motifs is 3. The Balaban J connectivity index is 0.000000514. The maximum atomic E-state index is 8.98. The highest BCUT2D eigenvalue weighted by Gasteiger charge is 2.43. The number of aliphatic hydroxyl groups excluding tert-OH is 2. The smallest absolute Gasteiger partial charge is 0.300 e. The van der Waals surface area contributed by atoms with Gasteiger partial charge >= 0.3 is 6.01 Å². The number of hydrogen-bond donors (Lipinski definition) is 3. The van der Waals surface area contributed by atoms with Crippen LogP contribution in [-0.2, 0) is 4.74 Å². The van der Waals surface area contributed by atoms with E-state index in [-0.39, 0.29) is 30.5 Å². The minimum absolute atomic E-state index is 0.0101. The zero-order valence-electron chi connectivity index (χ0n) is 9.41. The summed E-state index contributed by atoms with van der Waals surface area (Å²) in [5.41, 5.74) is 0.180. The third kappa shape index (κ3) is 2.04. The molecule has 0 aromatic carbocycles. The molecule has 0 aliphatic carbocycles. The molecule has 0 unspecified atom stereocenters. The summed E-state index contributed by atoms with van der Waals surface area (Å²) in [5.74, 6) is 0. The van der Waals surface area contributed by atoms with Crippen molar-refractivity contribution < 1.29 is 19.7 Å². The third-order valence-corrected chi connectivity index (χ3v) is 2.71. The summed E-state index contributed by atoms with van der Waals surface area (Å²) in [4.78, 5) is 3.95. The molecule has 0 saturated carbocycles. The van der Waals surface area contributed by atoms with E-state index in [1.807, 2.05) is 0 Å². The molecule has 0 amide bonds. The van der Waals surface area contributed by atoms with Crippen molar-refractivity contribution in [3.05, 3.63) is 17.8 Å². The number of aliphatic hydroxyl groups is 2. The van der Waals surface area contributed by atoms with Crippen LogP contribution in [0.3, 0.4) is 0 Å². The van der Waals surface area contributed by atoms with Crippen LogP contribution < -0.4 is 10.2 Å². The number of ether oxygens (including phenoxy) is 2. The zero-order chi connectivity index (χ0) is 12.4. The van der Waals surface area contributed by atoms with Crippen LogP contribution in [0.15, 0.2) is 12.3 Å². The minimum atomic E-state index is -0.203. The van der Waals surface area contributed by atoms with E-state index in [1.54, 1.807) is 16.8 Å². The van der Waals surface area contributed by atoms with Gasteiger partial charge in [-0.15, -0.1) is 0 Å². The van der Waals surface area contributed by atoms with Crippen LogP contribution in [0.4, 0.5) is 0 Å². The summed E-state index contributed by atoms with van der Waals surface area (Å²) < 4.78 is 12.9. The highest BCUT2D eigenvalue weighted by molar-refractivity contribution is 5.08. The summed E-state index contributed by atoms with van der Waals surface area (Å²) in [6.07, 6.45) is 1.95. The molecule has 2 aliphatic heterocycles. The Bertz CT molecular complexity index is 447. The van der Waals surface area contributed by atoms with Crippen LogP contribution in [0, 0.1) is 5.41 Å². The van der Waals surface area contributed by atoms with Crippen molar-refractivity contribution in [2.24, 2.45) is 0 Å². The van der Waals surface area contributed by atoms with Gasteiger partial charge in [-0.2, -0.15) is 4.98 Å². The second kappa shape index (κ2) is 4.82. The molecular weight excluding hydrogens is 226 g/mol. The molecule has 2 aliphatic rings. The highest BCUT2D eigenvalue weighted by atomic mass is 16.6. The largest absolute Gasteiger partial charge is 0.456 e. The van der Waals surface area contributed by atoms with Crippen LogP contribution in [-0.4, -0.2) is 45.7 Å². The highest BCUT2D eigenvalue weighted by Crippen LogP contribution is 2.38. The maximum absolute atomic E-state index is 8.98. The Morgan fingerprint density at radius 3 is 3.06 bits per heavy atom. The number of aromatic nitrogens is 2. The van der Waals surface area contributed by atoms with E-state index >= 15 is 0 Å². The van der Waals surface area contributed by atoms with Gasteiger partial charge in [0.05, 0.1) is 12.7 Å². The molecular formula is C10H15N3O4. The fraction of sp³-hybridized carbons (Fsp3) is 0.600. The molecule has 3 N–H and O–H groups in total.